The SMILES string of the molecule is CCC1(CC)Nc2nc(Cl)ncc2NC1=O. The zero-order chi connectivity index (χ0) is 11.8. The van der Waals surface area contributed by atoms with Crippen molar-refractivity contribution < 1.29 is 4.79 Å². The summed E-state index contributed by atoms with van der Waals surface area (Å²) in [7, 11) is 0. The molecule has 16 heavy (non-hydrogen) atoms. The number of aromatic nitrogens is 2. The van der Waals surface area contributed by atoms with Crippen LogP contribution in [0.15, 0.2) is 6.20 Å². The van der Waals surface area contributed by atoms with Crippen molar-refractivity contribution >= 4 is 29.0 Å². The molecule has 1 amide bonds. The summed E-state index contributed by atoms with van der Waals surface area (Å²) < 4.78 is 0. The van der Waals surface area contributed by atoms with Crippen molar-refractivity contribution in [1.82, 2.24) is 9.97 Å². The first-order valence-corrected chi connectivity index (χ1v) is 5.61. The minimum Gasteiger partial charge on any atom is -0.354 e. The highest BCUT2D eigenvalue weighted by Gasteiger charge is 2.39. The summed E-state index contributed by atoms with van der Waals surface area (Å²) in [6.45, 7) is 3.92. The first kappa shape index (κ1) is 11.1. The highest BCUT2D eigenvalue weighted by molar-refractivity contribution is 6.28. The lowest BCUT2D eigenvalue weighted by Gasteiger charge is -2.36. The van der Waals surface area contributed by atoms with E-state index in [-0.39, 0.29) is 11.2 Å². The Morgan fingerprint density at radius 3 is 2.75 bits per heavy atom. The van der Waals surface area contributed by atoms with Crippen molar-refractivity contribution in [1.29, 1.82) is 0 Å². The lowest BCUT2D eigenvalue weighted by Crippen LogP contribution is -2.52. The number of hydrogen-bond donors (Lipinski definition) is 2. The van der Waals surface area contributed by atoms with Crippen LogP contribution in [0.1, 0.15) is 26.7 Å². The van der Waals surface area contributed by atoms with Crippen LogP contribution in [0, 0.1) is 0 Å². The van der Waals surface area contributed by atoms with Gasteiger partial charge in [0.05, 0.1) is 6.20 Å². The van der Waals surface area contributed by atoms with Gasteiger partial charge in [0.25, 0.3) is 0 Å². The highest BCUT2D eigenvalue weighted by Crippen LogP contribution is 2.32. The Labute approximate surface area is 98.6 Å². The van der Waals surface area contributed by atoms with E-state index in [2.05, 4.69) is 20.6 Å². The molecule has 0 aromatic carbocycles. The molecule has 6 heteroatoms. The van der Waals surface area contributed by atoms with Crippen LogP contribution in [-0.2, 0) is 4.79 Å². The lowest BCUT2D eigenvalue weighted by molar-refractivity contribution is -0.120. The number of nitrogens with zero attached hydrogens (tertiary/aromatic N) is 2. The number of halogens is 1. The van der Waals surface area contributed by atoms with Crippen LogP contribution in [0.2, 0.25) is 5.28 Å². The standard InChI is InChI=1S/C10H13ClN4O/c1-3-10(4-2)8(16)13-6-5-12-9(11)14-7(6)15-10/h5H,3-4H2,1-2H3,(H,13,16)(H,12,14,15). The zero-order valence-electron chi connectivity index (χ0n) is 9.17. The van der Waals surface area contributed by atoms with E-state index in [0.29, 0.717) is 24.3 Å². The van der Waals surface area contributed by atoms with Gasteiger partial charge in [-0.3, -0.25) is 4.79 Å². The largest absolute Gasteiger partial charge is 0.354 e. The molecule has 0 spiro atoms. The number of anilines is 2. The monoisotopic (exact) mass is 240 g/mol. The van der Waals surface area contributed by atoms with Crippen LogP contribution in [0.25, 0.3) is 0 Å². The Bertz CT molecular complexity index is 431. The normalized spacial score (nSPS) is 17.3. The molecule has 0 fully saturated rings. The molecule has 2 rings (SSSR count). The van der Waals surface area contributed by atoms with Crippen LogP contribution < -0.4 is 10.6 Å². The lowest BCUT2D eigenvalue weighted by atomic mass is 9.90. The maximum atomic E-state index is 12.0. The average Bonchev–Trinajstić information content (AvgIpc) is 2.29. The number of carbonyl (C=O) groups excluding carboxylic acids is 1. The van der Waals surface area contributed by atoms with Crippen LogP contribution in [0.3, 0.4) is 0 Å². The minimum absolute atomic E-state index is 0.0454. The Morgan fingerprint density at radius 2 is 2.12 bits per heavy atom. The Balaban J connectivity index is 2.43. The van der Waals surface area contributed by atoms with Crippen molar-refractivity contribution in [3.05, 3.63) is 11.5 Å². The molecule has 5 nitrogen and oxygen atoms in total. The maximum absolute atomic E-state index is 12.0. The topological polar surface area (TPSA) is 66.9 Å². The van der Waals surface area contributed by atoms with Crippen molar-refractivity contribution in [2.45, 2.75) is 32.2 Å². The Hall–Kier alpha value is -1.36. The number of carbonyl (C=O) groups is 1. The van der Waals surface area contributed by atoms with Gasteiger partial charge in [-0.05, 0) is 24.4 Å². The molecule has 0 atom stereocenters. The summed E-state index contributed by atoms with van der Waals surface area (Å²) in [4.78, 5) is 19.9. The van der Waals surface area contributed by atoms with Crippen molar-refractivity contribution in [3.8, 4) is 0 Å². The summed E-state index contributed by atoms with van der Waals surface area (Å²) in [6, 6.07) is 0. The van der Waals surface area contributed by atoms with E-state index in [0.717, 1.165) is 0 Å². The molecule has 2 heterocycles. The molecule has 0 saturated carbocycles. The molecule has 1 aliphatic rings. The molecular weight excluding hydrogens is 228 g/mol. The van der Waals surface area contributed by atoms with Crippen LogP contribution in [-0.4, -0.2) is 21.4 Å². The first-order valence-electron chi connectivity index (χ1n) is 5.23. The van der Waals surface area contributed by atoms with Gasteiger partial charge in [0.1, 0.15) is 11.2 Å². The molecule has 0 radical (unpaired) electrons. The average molecular weight is 241 g/mol. The molecule has 2 N–H and O–H groups in total. The summed E-state index contributed by atoms with van der Waals surface area (Å²) in [5, 5.41) is 6.12. The van der Waals surface area contributed by atoms with Gasteiger partial charge in [-0.2, -0.15) is 4.98 Å². The number of amides is 1. The third kappa shape index (κ3) is 1.61. The van der Waals surface area contributed by atoms with E-state index in [9.17, 15) is 4.79 Å². The second-order valence-electron chi connectivity index (χ2n) is 3.77. The van der Waals surface area contributed by atoms with E-state index in [1.807, 2.05) is 13.8 Å². The first-order chi connectivity index (χ1) is 7.61. The van der Waals surface area contributed by atoms with Crippen molar-refractivity contribution in [2.24, 2.45) is 0 Å². The van der Waals surface area contributed by atoms with Crippen molar-refractivity contribution in [2.75, 3.05) is 10.6 Å². The predicted octanol–water partition coefficient (Wildman–Crippen LogP) is 2.05. The molecular formula is C10H13ClN4O. The highest BCUT2D eigenvalue weighted by atomic mass is 35.5. The predicted molar refractivity (Wildman–Crippen MR) is 62.6 cm³/mol. The van der Waals surface area contributed by atoms with E-state index in [4.69, 9.17) is 11.6 Å². The number of rotatable bonds is 2. The molecule has 0 bridgehead atoms. The quantitative estimate of drug-likeness (QED) is 0.777. The molecule has 0 saturated heterocycles. The molecule has 0 aliphatic carbocycles. The van der Waals surface area contributed by atoms with Gasteiger partial charge in [0, 0.05) is 0 Å². The minimum atomic E-state index is -0.593. The second-order valence-corrected chi connectivity index (χ2v) is 4.11. The zero-order valence-corrected chi connectivity index (χ0v) is 9.93. The Kier molecular flexibility index (Phi) is 2.71. The second kappa shape index (κ2) is 3.90. The van der Waals surface area contributed by atoms with E-state index in [1.165, 1.54) is 6.20 Å². The van der Waals surface area contributed by atoms with Gasteiger partial charge in [0.2, 0.25) is 11.2 Å². The van der Waals surface area contributed by atoms with E-state index < -0.39 is 5.54 Å². The number of nitrogens with one attached hydrogen (secondary N) is 2. The molecule has 1 aromatic heterocycles. The van der Waals surface area contributed by atoms with Gasteiger partial charge in [-0.15, -0.1) is 0 Å². The fourth-order valence-corrected chi connectivity index (χ4v) is 1.95. The third-order valence-corrected chi connectivity index (χ3v) is 3.19. The summed E-state index contributed by atoms with van der Waals surface area (Å²) >= 11 is 5.72. The van der Waals surface area contributed by atoms with Crippen molar-refractivity contribution in [3.63, 3.8) is 0 Å². The van der Waals surface area contributed by atoms with E-state index in [1.54, 1.807) is 0 Å². The molecule has 86 valence electrons. The van der Waals surface area contributed by atoms with Gasteiger partial charge < -0.3 is 10.6 Å². The van der Waals surface area contributed by atoms with Gasteiger partial charge >= 0.3 is 0 Å². The van der Waals surface area contributed by atoms with Crippen LogP contribution >= 0.6 is 11.6 Å². The van der Waals surface area contributed by atoms with E-state index >= 15 is 0 Å². The summed E-state index contributed by atoms with van der Waals surface area (Å²) in [6.07, 6.45) is 2.89. The number of fused-ring (bicyclic) bond motifs is 1. The number of hydrogen-bond acceptors (Lipinski definition) is 4. The molecule has 1 aromatic rings. The fourth-order valence-electron chi connectivity index (χ4n) is 1.82. The summed E-state index contributed by atoms with van der Waals surface area (Å²) in [5.74, 6) is 0.541. The fraction of sp³-hybridized carbons (Fsp3) is 0.500. The molecule has 1 aliphatic heterocycles. The van der Waals surface area contributed by atoms with Gasteiger partial charge in [-0.1, -0.05) is 13.8 Å². The van der Waals surface area contributed by atoms with Crippen LogP contribution in [0.4, 0.5) is 11.5 Å². The van der Waals surface area contributed by atoms with Crippen LogP contribution in [0.5, 0.6) is 0 Å². The maximum Gasteiger partial charge on any atom is 0.250 e. The summed E-state index contributed by atoms with van der Waals surface area (Å²) in [5.41, 5.74) is -0.0167. The van der Waals surface area contributed by atoms with Gasteiger partial charge in [0.15, 0.2) is 5.82 Å². The third-order valence-electron chi connectivity index (χ3n) is 3.01. The van der Waals surface area contributed by atoms with Gasteiger partial charge in [-0.25, -0.2) is 4.98 Å². The molecule has 0 unspecified atom stereocenters. The Morgan fingerprint density at radius 1 is 1.44 bits per heavy atom. The smallest absolute Gasteiger partial charge is 0.250 e.